The van der Waals surface area contributed by atoms with E-state index in [0.717, 1.165) is 0 Å². The van der Waals surface area contributed by atoms with E-state index in [9.17, 15) is 9.59 Å². The van der Waals surface area contributed by atoms with E-state index in [0.29, 0.717) is 11.3 Å². The normalized spacial score (nSPS) is 10.0. The van der Waals surface area contributed by atoms with Crippen molar-refractivity contribution in [2.24, 2.45) is 0 Å². The van der Waals surface area contributed by atoms with E-state index >= 15 is 0 Å². The molecule has 2 heterocycles. The van der Waals surface area contributed by atoms with Gasteiger partial charge in [0.1, 0.15) is 0 Å². The van der Waals surface area contributed by atoms with Gasteiger partial charge in [-0.15, -0.1) is 0 Å². The van der Waals surface area contributed by atoms with Crippen LogP contribution in [0.25, 0.3) is 11.3 Å². The smallest absolute Gasteiger partial charge is 0.337 e. The number of carboxylic acids is 2. The van der Waals surface area contributed by atoms with E-state index in [4.69, 9.17) is 10.2 Å². The van der Waals surface area contributed by atoms with Crippen LogP contribution in [0.1, 0.15) is 20.7 Å². The third-order valence-corrected chi connectivity index (χ3v) is 2.29. The number of pyridine rings is 2. The molecule has 0 aliphatic heterocycles. The monoisotopic (exact) mass is 244 g/mol. The van der Waals surface area contributed by atoms with Gasteiger partial charge < -0.3 is 10.2 Å². The summed E-state index contributed by atoms with van der Waals surface area (Å²) in [6.07, 6.45) is 3.91. The highest BCUT2D eigenvalue weighted by Gasteiger charge is 2.08. The zero-order valence-corrected chi connectivity index (χ0v) is 9.07. The number of carbonyl (C=O) groups is 2. The lowest BCUT2D eigenvalue weighted by Crippen LogP contribution is -1.99. The molecule has 0 amide bonds. The molecule has 0 bridgehead atoms. The maximum atomic E-state index is 10.8. The summed E-state index contributed by atoms with van der Waals surface area (Å²) >= 11 is 0. The third-order valence-electron chi connectivity index (χ3n) is 2.29. The highest BCUT2D eigenvalue weighted by molar-refractivity contribution is 5.89. The third kappa shape index (κ3) is 2.32. The molecular formula is C12H8N2O4. The lowest BCUT2D eigenvalue weighted by molar-refractivity contribution is 0.0685. The standard InChI is InChI=1S/C12H8N2O4/c15-11(16)7-1-2-10(14-6-7)8-3-9(12(17)18)5-13-4-8/h1-6H,(H,15,16)(H,17,18). The Morgan fingerprint density at radius 3 is 2.22 bits per heavy atom. The fourth-order valence-electron chi connectivity index (χ4n) is 1.39. The van der Waals surface area contributed by atoms with Crippen LogP contribution in [0.15, 0.2) is 36.8 Å². The maximum Gasteiger partial charge on any atom is 0.337 e. The van der Waals surface area contributed by atoms with Gasteiger partial charge in [-0.1, -0.05) is 0 Å². The van der Waals surface area contributed by atoms with Crippen molar-refractivity contribution in [1.82, 2.24) is 9.97 Å². The van der Waals surface area contributed by atoms with E-state index in [1.54, 1.807) is 0 Å². The minimum absolute atomic E-state index is 0.0524. The molecule has 0 saturated carbocycles. The van der Waals surface area contributed by atoms with Crippen molar-refractivity contribution < 1.29 is 19.8 Å². The van der Waals surface area contributed by atoms with Gasteiger partial charge in [-0.25, -0.2) is 9.59 Å². The summed E-state index contributed by atoms with van der Waals surface area (Å²) in [6.45, 7) is 0. The molecule has 6 heteroatoms. The molecule has 0 aliphatic carbocycles. The quantitative estimate of drug-likeness (QED) is 0.849. The molecule has 2 aromatic rings. The van der Waals surface area contributed by atoms with Crippen LogP contribution in [-0.4, -0.2) is 32.1 Å². The van der Waals surface area contributed by atoms with Gasteiger partial charge in [-0.05, 0) is 18.2 Å². The molecule has 0 fully saturated rings. The Bertz CT molecular complexity index is 608. The highest BCUT2D eigenvalue weighted by Crippen LogP contribution is 2.17. The van der Waals surface area contributed by atoms with Gasteiger partial charge in [-0.2, -0.15) is 0 Å². The lowest BCUT2D eigenvalue weighted by atomic mass is 10.1. The topological polar surface area (TPSA) is 100 Å². The van der Waals surface area contributed by atoms with Crippen LogP contribution in [0.5, 0.6) is 0 Å². The van der Waals surface area contributed by atoms with Gasteiger partial charge in [-0.3, -0.25) is 9.97 Å². The summed E-state index contributed by atoms with van der Waals surface area (Å²) in [7, 11) is 0. The van der Waals surface area contributed by atoms with Crippen LogP contribution in [0.3, 0.4) is 0 Å². The average Bonchev–Trinajstić information content (AvgIpc) is 2.39. The molecule has 0 unspecified atom stereocenters. The molecule has 90 valence electrons. The van der Waals surface area contributed by atoms with E-state index in [1.165, 1.54) is 36.8 Å². The first-order valence-corrected chi connectivity index (χ1v) is 4.96. The van der Waals surface area contributed by atoms with Crippen molar-refractivity contribution >= 4 is 11.9 Å². The minimum Gasteiger partial charge on any atom is -0.478 e. The van der Waals surface area contributed by atoms with E-state index in [-0.39, 0.29) is 11.1 Å². The number of nitrogens with zero attached hydrogens (tertiary/aromatic N) is 2. The number of hydrogen-bond acceptors (Lipinski definition) is 4. The Morgan fingerprint density at radius 1 is 0.944 bits per heavy atom. The molecular weight excluding hydrogens is 236 g/mol. The van der Waals surface area contributed by atoms with Crippen LogP contribution in [0.4, 0.5) is 0 Å². The fourth-order valence-corrected chi connectivity index (χ4v) is 1.39. The van der Waals surface area contributed by atoms with Crippen LogP contribution in [0, 0.1) is 0 Å². The van der Waals surface area contributed by atoms with Gasteiger partial charge in [0.2, 0.25) is 0 Å². The van der Waals surface area contributed by atoms with E-state index < -0.39 is 11.9 Å². The largest absolute Gasteiger partial charge is 0.478 e. The summed E-state index contributed by atoms with van der Waals surface area (Å²) in [5.41, 5.74) is 1.11. The van der Waals surface area contributed by atoms with E-state index in [1.807, 2.05) is 0 Å². The summed E-state index contributed by atoms with van der Waals surface area (Å²) < 4.78 is 0. The predicted molar refractivity (Wildman–Crippen MR) is 61.4 cm³/mol. The number of rotatable bonds is 3. The Hall–Kier alpha value is -2.76. The van der Waals surface area contributed by atoms with Crippen molar-refractivity contribution in [3.05, 3.63) is 47.9 Å². The second-order valence-corrected chi connectivity index (χ2v) is 3.50. The molecule has 0 aromatic carbocycles. The SMILES string of the molecule is O=C(O)c1ccc(-c2cncc(C(=O)O)c2)nc1. The summed E-state index contributed by atoms with van der Waals surface area (Å²) in [5, 5.41) is 17.6. The fraction of sp³-hybridized carbons (Fsp3) is 0. The summed E-state index contributed by atoms with van der Waals surface area (Å²) in [6, 6.07) is 4.34. The molecule has 0 atom stereocenters. The molecule has 2 N–H and O–H groups in total. The second-order valence-electron chi connectivity index (χ2n) is 3.50. The van der Waals surface area contributed by atoms with Gasteiger partial charge in [0.25, 0.3) is 0 Å². The van der Waals surface area contributed by atoms with Gasteiger partial charge in [0, 0.05) is 24.2 Å². The van der Waals surface area contributed by atoms with Crippen LogP contribution < -0.4 is 0 Å². The summed E-state index contributed by atoms with van der Waals surface area (Å²) in [4.78, 5) is 29.2. The Kier molecular flexibility index (Phi) is 3.01. The molecule has 18 heavy (non-hydrogen) atoms. The molecule has 2 rings (SSSR count). The average molecular weight is 244 g/mol. The highest BCUT2D eigenvalue weighted by atomic mass is 16.4. The van der Waals surface area contributed by atoms with Crippen molar-refractivity contribution in [1.29, 1.82) is 0 Å². The number of aromatic carboxylic acids is 2. The van der Waals surface area contributed by atoms with Crippen molar-refractivity contribution in [3.63, 3.8) is 0 Å². The molecule has 0 saturated heterocycles. The van der Waals surface area contributed by atoms with Crippen molar-refractivity contribution in [2.45, 2.75) is 0 Å². The summed E-state index contributed by atoms with van der Waals surface area (Å²) in [5.74, 6) is -2.14. The lowest BCUT2D eigenvalue weighted by Gasteiger charge is -2.02. The zero-order chi connectivity index (χ0) is 13.1. The maximum absolute atomic E-state index is 10.8. The second kappa shape index (κ2) is 4.62. The Balaban J connectivity index is 2.39. The minimum atomic E-state index is -1.08. The number of aromatic nitrogens is 2. The van der Waals surface area contributed by atoms with Gasteiger partial charge >= 0.3 is 11.9 Å². The molecule has 0 spiro atoms. The number of hydrogen-bond donors (Lipinski definition) is 2. The number of carboxylic acid groups (broad SMARTS) is 2. The van der Waals surface area contributed by atoms with Crippen molar-refractivity contribution in [2.75, 3.05) is 0 Å². The van der Waals surface area contributed by atoms with Gasteiger partial charge in [0.15, 0.2) is 0 Å². The zero-order valence-electron chi connectivity index (χ0n) is 9.07. The van der Waals surface area contributed by atoms with Crippen LogP contribution in [0.2, 0.25) is 0 Å². The first-order chi connectivity index (χ1) is 8.58. The van der Waals surface area contributed by atoms with E-state index in [2.05, 4.69) is 9.97 Å². The van der Waals surface area contributed by atoms with Crippen molar-refractivity contribution in [3.8, 4) is 11.3 Å². The molecule has 0 radical (unpaired) electrons. The van der Waals surface area contributed by atoms with Crippen LogP contribution >= 0.6 is 0 Å². The Labute approximate surface area is 102 Å². The Morgan fingerprint density at radius 2 is 1.67 bits per heavy atom. The van der Waals surface area contributed by atoms with Crippen LogP contribution in [-0.2, 0) is 0 Å². The first kappa shape index (κ1) is 11.7. The van der Waals surface area contributed by atoms with Gasteiger partial charge in [0.05, 0.1) is 16.8 Å². The molecule has 0 aliphatic rings. The molecule has 6 nitrogen and oxygen atoms in total. The first-order valence-electron chi connectivity index (χ1n) is 4.96. The molecule has 2 aromatic heterocycles. The predicted octanol–water partition coefficient (Wildman–Crippen LogP) is 1.54.